The first kappa shape index (κ1) is 9.70. The monoisotopic (exact) mass is 208 g/mol. The minimum atomic E-state index is -0.251. The van der Waals surface area contributed by atoms with Crippen LogP contribution in [0, 0.1) is 0 Å². The van der Waals surface area contributed by atoms with E-state index in [1.165, 1.54) is 6.07 Å². The lowest BCUT2D eigenvalue weighted by Crippen LogP contribution is -2.48. The number of anilines is 1. The largest absolute Gasteiger partial charge is 0.359 e. The Labute approximate surface area is 86.5 Å². The molecule has 0 atom stereocenters. The summed E-state index contributed by atoms with van der Waals surface area (Å²) >= 11 is 0. The second kappa shape index (κ2) is 3.72. The van der Waals surface area contributed by atoms with E-state index in [2.05, 4.69) is 10.2 Å². The average Bonchev–Trinajstić information content (AvgIpc) is 2.22. The molecule has 1 aliphatic heterocycles. The van der Waals surface area contributed by atoms with Crippen molar-refractivity contribution >= 4 is 11.6 Å². The average molecular weight is 208 g/mol. The van der Waals surface area contributed by atoms with E-state index in [9.17, 15) is 9.59 Å². The van der Waals surface area contributed by atoms with Crippen molar-refractivity contribution in [2.24, 2.45) is 0 Å². The van der Waals surface area contributed by atoms with Gasteiger partial charge in [-0.25, -0.2) is 5.10 Å². The number of carbonyl (C=O) groups excluding carboxylic acids is 1. The van der Waals surface area contributed by atoms with E-state index >= 15 is 0 Å². The van der Waals surface area contributed by atoms with Gasteiger partial charge >= 0.3 is 0 Å². The molecule has 0 spiro atoms. The number of H-pyrrole nitrogens is 1. The number of carbonyl (C=O) groups is 1. The molecule has 1 fully saturated rings. The molecule has 6 nitrogen and oxygen atoms in total. The van der Waals surface area contributed by atoms with Gasteiger partial charge in [-0.3, -0.25) is 9.59 Å². The van der Waals surface area contributed by atoms with Gasteiger partial charge in [0.15, 0.2) is 0 Å². The molecule has 1 aromatic heterocycles. The van der Waals surface area contributed by atoms with Crippen LogP contribution in [0.4, 0.5) is 5.69 Å². The van der Waals surface area contributed by atoms with Crippen LogP contribution in [0.25, 0.3) is 0 Å². The highest BCUT2D eigenvalue weighted by molar-refractivity contribution is 5.82. The quantitative estimate of drug-likeness (QED) is 0.646. The molecule has 0 saturated carbocycles. The maximum Gasteiger partial charge on any atom is 0.266 e. The van der Waals surface area contributed by atoms with E-state index in [1.807, 2.05) is 4.90 Å². The highest BCUT2D eigenvalue weighted by atomic mass is 16.2. The van der Waals surface area contributed by atoms with Crippen LogP contribution in [0.15, 0.2) is 17.1 Å². The topological polar surface area (TPSA) is 69.3 Å². The molecule has 6 heteroatoms. The molecule has 80 valence electrons. The first-order chi connectivity index (χ1) is 7.16. The molecule has 1 N–H and O–H groups in total. The SMILES string of the molecule is CN1CCN(c2cn[nH]c(=O)c2)CC1=O. The Hall–Kier alpha value is -1.85. The number of piperazine rings is 1. The van der Waals surface area contributed by atoms with Crippen LogP contribution in [-0.2, 0) is 4.79 Å². The van der Waals surface area contributed by atoms with E-state index < -0.39 is 0 Å². The molecule has 1 amide bonds. The van der Waals surface area contributed by atoms with Crippen LogP contribution in [0.2, 0.25) is 0 Å². The molecule has 0 aliphatic carbocycles. The standard InChI is InChI=1S/C9H12N4O2/c1-12-2-3-13(6-9(12)15)7-4-8(14)11-10-5-7/h4-5H,2-3,6H2,1H3,(H,11,14). The second-order valence-corrected chi connectivity index (χ2v) is 3.54. The van der Waals surface area contributed by atoms with Crippen LogP contribution in [-0.4, -0.2) is 47.7 Å². The molecule has 15 heavy (non-hydrogen) atoms. The first-order valence-corrected chi connectivity index (χ1v) is 4.70. The number of amides is 1. The van der Waals surface area contributed by atoms with Crippen molar-refractivity contribution in [3.05, 3.63) is 22.6 Å². The van der Waals surface area contributed by atoms with Gasteiger partial charge in [0.1, 0.15) is 0 Å². The van der Waals surface area contributed by atoms with Gasteiger partial charge in [0.05, 0.1) is 18.4 Å². The summed E-state index contributed by atoms with van der Waals surface area (Å²) in [5.41, 5.74) is 0.444. The number of aromatic amines is 1. The number of aromatic nitrogens is 2. The summed E-state index contributed by atoms with van der Waals surface area (Å²) in [5, 5.41) is 6.00. The van der Waals surface area contributed by atoms with Gasteiger partial charge in [0.25, 0.3) is 5.56 Å². The Morgan fingerprint density at radius 2 is 2.20 bits per heavy atom. The number of nitrogens with one attached hydrogen (secondary N) is 1. The Bertz CT molecular complexity index is 428. The van der Waals surface area contributed by atoms with Crippen molar-refractivity contribution in [3.8, 4) is 0 Å². The Kier molecular flexibility index (Phi) is 2.40. The number of hydrogen-bond donors (Lipinski definition) is 1. The van der Waals surface area contributed by atoms with Crippen molar-refractivity contribution in [1.82, 2.24) is 15.1 Å². The molecule has 1 saturated heterocycles. The molecular weight excluding hydrogens is 196 g/mol. The molecule has 0 unspecified atom stereocenters. The molecule has 1 aliphatic rings. The number of hydrogen-bond acceptors (Lipinski definition) is 4. The Morgan fingerprint density at radius 3 is 2.87 bits per heavy atom. The molecule has 1 aromatic rings. The molecule has 2 heterocycles. The van der Waals surface area contributed by atoms with Crippen LogP contribution in [0.5, 0.6) is 0 Å². The van der Waals surface area contributed by atoms with Crippen LogP contribution >= 0.6 is 0 Å². The maximum absolute atomic E-state index is 11.4. The Balaban J connectivity index is 2.19. The van der Waals surface area contributed by atoms with Gasteiger partial charge < -0.3 is 9.80 Å². The fourth-order valence-corrected chi connectivity index (χ4v) is 1.52. The second-order valence-electron chi connectivity index (χ2n) is 3.54. The molecular formula is C9H12N4O2. The highest BCUT2D eigenvalue weighted by Crippen LogP contribution is 2.12. The number of rotatable bonds is 1. The number of likely N-dealkylation sites (N-methyl/N-ethyl adjacent to an activating group) is 1. The van der Waals surface area contributed by atoms with Crippen LogP contribution < -0.4 is 10.5 Å². The third-order valence-corrected chi connectivity index (χ3v) is 2.47. The zero-order valence-corrected chi connectivity index (χ0v) is 8.43. The maximum atomic E-state index is 11.4. The minimum Gasteiger partial charge on any atom is -0.359 e. The van der Waals surface area contributed by atoms with Crippen molar-refractivity contribution < 1.29 is 4.79 Å². The van der Waals surface area contributed by atoms with Crippen molar-refractivity contribution in [1.29, 1.82) is 0 Å². The van der Waals surface area contributed by atoms with Gasteiger partial charge in [-0.2, -0.15) is 5.10 Å². The fourth-order valence-electron chi connectivity index (χ4n) is 1.52. The van der Waals surface area contributed by atoms with E-state index in [-0.39, 0.29) is 11.5 Å². The summed E-state index contributed by atoms with van der Waals surface area (Å²) in [6.07, 6.45) is 1.56. The van der Waals surface area contributed by atoms with E-state index in [0.29, 0.717) is 18.8 Å². The van der Waals surface area contributed by atoms with Gasteiger partial charge in [-0.1, -0.05) is 0 Å². The van der Waals surface area contributed by atoms with Crippen LogP contribution in [0.3, 0.4) is 0 Å². The van der Waals surface area contributed by atoms with Crippen molar-refractivity contribution in [2.45, 2.75) is 0 Å². The van der Waals surface area contributed by atoms with Gasteiger partial charge in [-0.05, 0) is 0 Å². The predicted octanol–water partition coefficient (Wildman–Crippen LogP) is -0.952. The van der Waals surface area contributed by atoms with Gasteiger partial charge in [0.2, 0.25) is 5.91 Å². The summed E-state index contributed by atoms with van der Waals surface area (Å²) in [6, 6.07) is 1.45. The molecule has 0 aromatic carbocycles. The lowest BCUT2D eigenvalue weighted by molar-refractivity contribution is -0.129. The lowest BCUT2D eigenvalue weighted by atomic mass is 10.3. The minimum absolute atomic E-state index is 0.0570. The third-order valence-electron chi connectivity index (χ3n) is 2.47. The van der Waals surface area contributed by atoms with E-state index in [0.717, 1.165) is 6.54 Å². The van der Waals surface area contributed by atoms with Crippen molar-refractivity contribution in [3.63, 3.8) is 0 Å². The summed E-state index contributed by atoms with van der Waals surface area (Å²) in [4.78, 5) is 26.0. The third kappa shape index (κ3) is 1.98. The molecule has 0 bridgehead atoms. The normalized spacial score (nSPS) is 17.0. The lowest BCUT2D eigenvalue weighted by Gasteiger charge is -2.32. The highest BCUT2D eigenvalue weighted by Gasteiger charge is 2.21. The molecule has 0 radical (unpaired) electrons. The summed E-state index contributed by atoms with van der Waals surface area (Å²) in [6.45, 7) is 1.71. The summed E-state index contributed by atoms with van der Waals surface area (Å²) < 4.78 is 0. The summed E-state index contributed by atoms with van der Waals surface area (Å²) in [7, 11) is 1.77. The predicted molar refractivity (Wildman–Crippen MR) is 54.7 cm³/mol. The Morgan fingerprint density at radius 1 is 1.40 bits per heavy atom. The van der Waals surface area contributed by atoms with Crippen LogP contribution in [0.1, 0.15) is 0 Å². The summed E-state index contributed by atoms with van der Waals surface area (Å²) in [5.74, 6) is 0.0570. The fraction of sp³-hybridized carbons (Fsp3) is 0.444. The zero-order valence-electron chi connectivity index (χ0n) is 8.43. The van der Waals surface area contributed by atoms with Gasteiger partial charge in [-0.15, -0.1) is 0 Å². The number of nitrogens with zero attached hydrogens (tertiary/aromatic N) is 3. The van der Waals surface area contributed by atoms with E-state index in [4.69, 9.17) is 0 Å². The first-order valence-electron chi connectivity index (χ1n) is 4.70. The smallest absolute Gasteiger partial charge is 0.266 e. The van der Waals surface area contributed by atoms with E-state index in [1.54, 1.807) is 18.1 Å². The zero-order chi connectivity index (χ0) is 10.8. The van der Waals surface area contributed by atoms with Crippen molar-refractivity contribution in [2.75, 3.05) is 31.6 Å². The molecule has 2 rings (SSSR count). The van der Waals surface area contributed by atoms with Gasteiger partial charge in [0, 0.05) is 26.2 Å².